The molecule has 0 aromatic heterocycles. The van der Waals surface area contributed by atoms with Gasteiger partial charge in [0.25, 0.3) is 0 Å². The number of Topliss-reactive ketones (excluding diaryl/α,β-unsaturated/α-hetero) is 1. The molecule has 0 spiro atoms. The first kappa shape index (κ1) is 20.8. The summed E-state index contributed by atoms with van der Waals surface area (Å²) in [6.07, 6.45) is 3.72. The Morgan fingerprint density at radius 2 is 1.53 bits per heavy atom. The van der Waals surface area contributed by atoms with Gasteiger partial charge in [-0.15, -0.1) is 0 Å². The zero-order chi connectivity index (χ0) is 23.6. The van der Waals surface area contributed by atoms with Gasteiger partial charge < -0.3 is 4.90 Å². The molecule has 0 aliphatic carbocycles. The fourth-order valence-electron chi connectivity index (χ4n) is 5.49. The Morgan fingerprint density at radius 1 is 0.853 bits per heavy atom. The molecule has 0 N–H and O–H groups in total. The minimum absolute atomic E-state index is 0.250. The van der Waals surface area contributed by atoms with Gasteiger partial charge in [0.1, 0.15) is 11.9 Å². The molecular weight excluding hydrogens is 455 g/mol. The van der Waals surface area contributed by atoms with Gasteiger partial charge in [0, 0.05) is 16.8 Å². The van der Waals surface area contributed by atoms with Gasteiger partial charge >= 0.3 is 0 Å². The molecule has 0 radical (unpaired) electrons. The normalized spacial score (nSPS) is 24.8. The fourth-order valence-corrected chi connectivity index (χ4v) is 5.61. The van der Waals surface area contributed by atoms with Crippen molar-refractivity contribution in [2.24, 2.45) is 11.8 Å². The fraction of sp³-hybridized carbons (Fsp3) is 0.148. The molecule has 34 heavy (non-hydrogen) atoms. The molecule has 4 atom stereocenters. The maximum absolute atomic E-state index is 13.8. The van der Waals surface area contributed by atoms with Crippen LogP contribution in [0.3, 0.4) is 0 Å². The zero-order valence-electron chi connectivity index (χ0n) is 17.8. The monoisotopic (exact) mass is 472 g/mol. The van der Waals surface area contributed by atoms with Gasteiger partial charge in [-0.2, -0.15) is 0 Å². The number of hydrogen-bond acceptors (Lipinski definition) is 4. The number of anilines is 1. The molecule has 7 heteroatoms. The molecule has 0 bridgehead atoms. The van der Waals surface area contributed by atoms with Crippen LogP contribution < -0.4 is 4.90 Å². The molecular formula is C27H18ClFN2O3. The summed E-state index contributed by atoms with van der Waals surface area (Å²) in [7, 11) is 0. The number of halogens is 2. The molecule has 3 aliphatic rings. The highest BCUT2D eigenvalue weighted by Crippen LogP contribution is 2.53. The van der Waals surface area contributed by atoms with E-state index in [0.717, 1.165) is 16.0 Å². The number of fused-ring (bicyclic) bond motifs is 5. The summed E-state index contributed by atoms with van der Waals surface area (Å²) in [4.78, 5) is 44.2. The summed E-state index contributed by atoms with van der Waals surface area (Å²) in [6, 6.07) is 18.1. The third-order valence-electron chi connectivity index (χ3n) is 6.94. The van der Waals surface area contributed by atoms with E-state index in [2.05, 4.69) is 0 Å². The molecule has 2 amide bonds. The SMILES string of the molecule is O=C(c1ccc(Cl)cc1)[C@@H]1[C@@H]2C(=O)N(c3ccc(F)cc3)C(=O)[C@@H]2[C@H]2c3ccccc3C=CN12. The van der Waals surface area contributed by atoms with Crippen LogP contribution in [0.25, 0.3) is 6.08 Å². The number of amides is 2. The highest BCUT2D eigenvalue weighted by molar-refractivity contribution is 6.30. The number of carbonyl (C=O) groups is 3. The lowest BCUT2D eigenvalue weighted by molar-refractivity contribution is -0.123. The second-order valence-electron chi connectivity index (χ2n) is 8.69. The molecule has 5 nitrogen and oxygen atoms in total. The predicted molar refractivity (Wildman–Crippen MR) is 125 cm³/mol. The molecule has 2 saturated heterocycles. The van der Waals surface area contributed by atoms with E-state index in [9.17, 15) is 18.8 Å². The Morgan fingerprint density at radius 3 is 2.26 bits per heavy atom. The standard InChI is InChI=1S/C27H18ClFN2O3/c28-17-7-5-16(6-8-17)25(32)24-22-21(23-20-4-2-1-3-15(20)13-14-30(23)24)26(33)31(27(22)34)19-11-9-18(29)10-12-19/h1-14,21-24H/t21-,22+,23+,24-/m0/s1. The second kappa shape index (κ2) is 7.64. The van der Waals surface area contributed by atoms with Crippen molar-refractivity contribution >= 4 is 41.0 Å². The molecule has 2 fully saturated rings. The predicted octanol–water partition coefficient (Wildman–Crippen LogP) is 4.88. The van der Waals surface area contributed by atoms with Gasteiger partial charge in [-0.3, -0.25) is 14.4 Å². The Hall–Kier alpha value is -3.77. The minimum Gasteiger partial charge on any atom is -0.358 e. The molecule has 3 heterocycles. The van der Waals surface area contributed by atoms with Crippen molar-refractivity contribution in [1.82, 2.24) is 4.90 Å². The van der Waals surface area contributed by atoms with Gasteiger partial charge in [-0.05, 0) is 65.7 Å². The summed E-state index contributed by atoms with van der Waals surface area (Å²) in [5, 5.41) is 0.500. The van der Waals surface area contributed by atoms with Crippen LogP contribution >= 0.6 is 11.6 Å². The van der Waals surface area contributed by atoms with E-state index in [1.54, 1.807) is 24.3 Å². The lowest BCUT2D eigenvalue weighted by atomic mass is 9.83. The Balaban J connectivity index is 1.49. The topological polar surface area (TPSA) is 57.7 Å². The number of hydrogen-bond donors (Lipinski definition) is 0. The van der Waals surface area contributed by atoms with Crippen LogP contribution in [0.2, 0.25) is 5.02 Å². The third-order valence-corrected chi connectivity index (χ3v) is 7.20. The third kappa shape index (κ3) is 2.95. The lowest BCUT2D eigenvalue weighted by Crippen LogP contribution is -2.44. The van der Waals surface area contributed by atoms with Crippen molar-refractivity contribution in [1.29, 1.82) is 0 Å². The van der Waals surface area contributed by atoms with Gasteiger partial charge in [0.2, 0.25) is 11.8 Å². The van der Waals surface area contributed by atoms with Gasteiger partial charge in [0.15, 0.2) is 5.78 Å². The molecule has 3 aromatic carbocycles. The average molecular weight is 473 g/mol. The summed E-state index contributed by atoms with van der Waals surface area (Å²) in [5.74, 6) is -3.16. The van der Waals surface area contributed by atoms with Crippen molar-refractivity contribution in [3.63, 3.8) is 0 Å². The van der Waals surface area contributed by atoms with Gasteiger partial charge in [0.05, 0.1) is 23.6 Å². The first-order chi connectivity index (χ1) is 16.5. The first-order valence-corrected chi connectivity index (χ1v) is 11.3. The van der Waals surface area contributed by atoms with E-state index in [1.807, 2.05) is 41.4 Å². The van der Waals surface area contributed by atoms with Gasteiger partial charge in [-0.1, -0.05) is 35.9 Å². The molecule has 0 unspecified atom stereocenters. The van der Waals surface area contributed by atoms with Crippen molar-refractivity contribution < 1.29 is 18.8 Å². The zero-order valence-corrected chi connectivity index (χ0v) is 18.5. The number of ketones is 1. The summed E-state index contributed by atoms with van der Waals surface area (Å²) >= 11 is 6.01. The van der Waals surface area contributed by atoms with E-state index in [0.29, 0.717) is 16.3 Å². The Bertz CT molecular complexity index is 1370. The number of benzene rings is 3. The van der Waals surface area contributed by atoms with Crippen LogP contribution in [0.15, 0.2) is 79.0 Å². The number of nitrogens with zero attached hydrogens (tertiary/aromatic N) is 2. The second-order valence-corrected chi connectivity index (χ2v) is 9.13. The van der Waals surface area contributed by atoms with Crippen molar-refractivity contribution in [3.8, 4) is 0 Å². The van der Waals surface area contributed by atoms with Crippen molar-refractivity contribution in [2.45, 2.75) is 12.1 Å². The van der Waals surface area contributed by atoms with Gasteiger partial charge in [-0.25, -0.2) is 9.29 Å². The Kier molecular flexibility index (Phi) is 4.67. The highest BCUT2D eigenvalue weighted by Gasteiger charge is 2.64. The summed E-state index contributed by atoms with van der Waals surface area (Å²) < 4.78 is 13.5. The molecule has 6 rings (SSSR count). The first-order valence-electron chi connectivity index (χ1n) is 10.9. The van der Waals surface area contributed by atoms with E-state index >= 15 is 0 Å². The molecule has 0 saturated carbocycles. The van der Waals surface area contributed by atoms with Crippen LogP contribution in [0.1, 0.15) is 27.5 Å². The maximum atomic E-state index is 13.8. The smallest absolute Gasteiger partial charge is 0.240 e. The van der Waals surface area contributed by atoms with Crippen LogP contribution in [-0.2, 0) is 9.59 Å². The molecule has 3 aromatic rings. The number of carbonyl (C=O) groups excluding carboxylic acids is 3. The summed E-state index contributed by atoms with van der Waals surface area (Å²) in [5.41, 5.74) is 2.56. The Labute approximate surface area is 200 Å². The van der Waals surface area contributed by atoms with Crippen molar-refractivity contribution in [3.05, 3.63) is 107 Å². The largest absolute Gasteiger partial charge is 0.358 e. The minimum atomic E-state index is -0.874. The maximum Gasteiger partial charge on any atom is 0.240 e. The van der Waals surface area contributed by atoms with E-state index in [1.165, 1.54) is 24.3 Å². The number of imide groups is 1. The van der Waals surface area contributed by atoms with E-state index in [4.69, 9.17) is 11.6 Å². The average Bonchev–Trinajstić information content (AvgIpc) is 3.32. The highest BCUT2D eigenvalue weighted by atomic mass is 35.5. The molecule has 3 aliphatic heterocycles. The quantitative estimate of drug-likeness (QED) is 0.403. The van der Waals surface area contributed by atoms with Crippen molar-refractivity contribution in [2.75, 3.05) is 4.90 Å². The van der Waals surface area contributed by atoms with Crippen LogP contribution in [0.5, 0.6) is 0 Å². The lowest BCUT2D eigenvalue weighted by Gasteiger charge is -2.35. The van der Waals surface area contributed by atoms with E-state index in [-0.39, 0.29) is 11.7 Å². The summed E-state index contributed by atoms with van der Waals surface area (Å²) in [6.45, 7) is 0. The van der Waals surface area contributed by atoms with Crippen LogP contribution in [0, 0.1) is 17.7 Å². The van der Waals surface area contributed by atoms with Crippen LogP contribution in [-0.4, -0.2) is 28.5 Å². The molecule has 168 valence electrons. The van der Waals surface area contributed by atoms with E-state index < -0.39 is 35.6 Å². The number of rotatable bonds is 3. The van der Waals surface area contributed by atoms with Crippen LogP contribution in [0.4, 0.5) is 10.1 Å².